The van der Waals surface area contributed by atoms with Crippen LogP contribution in [0.25, 0.3) is 0 Å². The van der Waals surface area contributed by atoms with Gasteiger partial charge in [-0.25, -0.2) is 14.8 Å². The molecule has 3 N–H and O–H groups in total. The summed E-state index contributed by atoms with van der Waals surface area (Å²) in [6.07, 6.45) is -0.586. The Kier molecular flexibility index (Phi) is 4.49. The van der Waals surface area contributed by atoms with Crippen molar-refractivity contribution in [2.24, 2.45) is 0 Å². The molecule has 6 nitrogen and oxygen atoms in total. The average molecular weight is 286 g/mol. The van der Waals surface area contributed by atoms with Crippen molar-refractivity contribution in [2.45, 2.75) is 26.9 Å². The van der Waals surface area contributed by atoms with Gasteiger partial charge in [0.1, 0.15) is 0 Å². The van der Waals surface area contributed by atoms with E-state index in [-0.39, 0.29) is 5.95 Å². The molecule has 1 unspecified atom stereocenters. The van der Waals surface area contributed by atoms with Gasteiger partial charge in [-0.2, -0.15) is 0 Å². The normalized spacial score (nSPS) is 11.8. The number of carbonyl (C=O) groups excluding carboxylic acids is 1. The summed E-state index contributed by atoms with van der Waals surface area (Å²) in [6.45, 7) is 5.34. The van der Waals surface area contributed by atoms with Gasteiger partial charge in [0.05, 0.1) is 6.10 Å². The van der Waals surface area contributed by atoms with E-state index < -0.39 is 12.1 Å². The Balaban J connectivity index is 2.06. The third kappa shape index (κ3) is 4.25. The second-order valence-electron chi connectivity index (χ2n) is 4.85. The predicted molar refractivity (Wildman–Crippen MR) is 81.2 cm³/mol. The number of amides is 2. The molecule has 0 fully saturated rings. The highest BCUT2D eigenvalue weighted by atomic mass is 16.3. The third-order valence-electron chi connectivity index (χ3n) is 2.83. The van der Waals surface area contributed by atoms with E-state index in [0.29, 0.717) is 5.69 Å². The number of nitrogens with one attached hydrogen (secondary N) is 2. The number of carbonyl (C=O) groups is 1. The van der Waals surface area contributed by atoms with Gasteiger partial charge in [0, 0.05) is 17.1 Å². The molecular formula is C15H18N4O2. The lowest BCUT2D eigenvalue weighted by molar-refractivity contribution is 0.199. The minimum atomic E-state index is -0.586. The lowest BCUT2D eigenvalue weighted by Crippen LogP contribution is -2.21. The van der Waals surface area contributed by atoms with E-state index >= 15 is 0 Å². The first kappa shape index (κ1) is 14.9. The molecule has 0 aliphatic carbocycles. The Morgan fingerprint density at radius 1 is 1.14 bits per heavy atom. The molecule has 1 aromatic carbocycles. The van der Waals surface area contributed by atoms with Gasteiger partial charge in [0.25, 0.3) is 0 Å². The molecular weight excluding hydrogens is 268 g/mol. The molecule has 2 aromatic rings. The van der Waals surface area contributed by atoms with Crippen molar-refractivity contribution in [3.8, 4) is 0 Å². The van der Waals surface area contributed by atoms with Gasteiger partial charge in [0.15, 0.2) is 0 Å². The van der Waals surface area contributed by atoms with Gasteiger partial charge in [-0.15, -0.1) is 0 Å². The fourth-order valence-electron chi connectivity index (χ4n) is 1.92. The first-order chi connectivity index (χ1) is 9.94. The van der Waals surface area contributed by atoms with Crippen molar-refractivity contribution >= 4 is 17.7 Å². The highest BCUT2D eigenvalue weighted by Crippen LogP contribution is 2.17. The first-order valence-electron chi connectivity index (χ1n) is 6.62. The maximum atomic E-state index is 11.9. The van der Waals surface area contributed by atoms with E-state index in [4.69, 9.17) is 0 Å². The summed E-state index contributed by atoms with van der Waals surface area (Å²) in [4.78, 5) is 20.2. The standard InChI is InChI=1S/C15H18N4O2/c1-9-7-10(2)17-14(16-9)19-15(21)18-13-6-4-5-12(8-13)11(3)20/h4-8,11,20H,1-3H3,(H2,16,17,18,19,21). The van der Waals surface area contributed by atoms with Gasteiger partial charge >= 0.3 is 6.03 Å². The molecule has 0 saturated carbocycles. The Morgan fingerprint density at radius 2 is 1.81 bits per heavy atom. The summed E-state index contributed by atoms with van der Waals surface area (Å²) in [5, 5.41) is 14.8. The van der Waals surface area contributed by atoms with Crippen LogP contribution in [-0.2, 0) is 0 Å². The third-order valence-corrected chi connectivity index (χ3v) is 2.83. The summed E-state index contributed by atoms with van der Waals surface area (Å²) in [5.74, 6) is 0.261. The van der Waals surface area contributed by atoms with Crippen molar-refractivity contribution in [1.82, 2.24) is 9.97 Å². The molecule has 1 aromatic heterocycles. The van der Waals surface area contributed by atoms with Crippen LogP contribution >= 0.6 is 0 Å². The highest BCUT2D eigenvalue weighted by Gasteiger charge is 2.07. The van der Waals surface area contributed by atoms with E-state index in [9.17, 15) is 9.90 Å². The second-order valence-corrected chi connectivity index (χ2v) is 4.85. The van der Waals surface area contributed by atoms with Crippen molar-refractivity contribution < 1.29 is 9.90 Å². The molecule has 0 radical (unpaired) electrons. The number of urea groups is 1. The number of nitrogens with zero attached hydrogens (tertiary/aromatic N) is 2. The molecule has 1 atom stereocenters. The maximum absolute atomic E-state index is 11.9. The zero-order chi connectivity index (χ0) is 15.4. The summed E-state index contributed by atoms with van der Waals surface area (Å²) in [7, 11) is 0. The van der Waals surface area contributed by atoms with Gasteiger partial charge in [0.2, 0.25) is 5.95 Å². The zero-order valence-electron chi connectivity index (χ0n) is 12.2. The molecule has 110 valence electrons. The Morgan fingerprint density at radius 3 is 2.43 bits per heavy atom. The van der Waals surface area contributed by atoms with Crippen LogP contribution < -0.4 is 10.6 Å². The lowest BCUT2D eigenvalue weighted by atomic mass is 10.1. The molecule has 6 heteroatoms. The van der Waals surface area contributed by atoms with E-state index in [2.05, 4.69) is 20.6 Å². The number of hydrogen-bond acceptors (Lipinski definition) is 4. The summed E-state index contributed by atoms with van der Waals surface area (Å²) >= 11 is 0. The van der Waals surface area contributed by atoms with E-state index in [0.717, 1.165) is 17.0 Å². The van der Waals surface area contributed by atoms with Crippen LogP contribution in [0.1, 0.15) is 30.0 Å². The van der Waals surface area contributed by atoms with Crippen LogP contribution in [0.15, 0.2) is 30.3 Å². The minimum Gasteiger partial charge on any atom is -0.389 e. The summed E-state index contributed by atoms with van der Waals surface area (Å²) < 4.78 is 0. The molecule has 1 heterocycles. The number of anilines is 2. The molecule has 2 amide bonds. The Labute approximate surface area is 123 Å². The van der Waals surface area contributed by atoms with Gasteiger partial charge in [-0.05, 0) is 44.5 Å². The summed E-state index contributed by atoms with van der Waals surface area (Å²) in [6, 6.07) is 8.42. The molecule has 0 spiro atoms. The zero-order valence-corrected chi connectivity index (χ0v) is 12.2. The second kappa shape index (κ2) is 6.32. The van der Waals surface area contributed by atoms with Gasteiger partial charge in [-0.1, -0.05) is 12.1 Å². The predicted octanol–water partition coefficient (Wildman–Crippen LogP) is 2.79. The largest absolute Gasteiger partial charge is 0.389 e. The molecule has 0 saturated heterocycles. The smallest absolute Gasteiger partial charge is 0.326 e. The minimum absolute atomic E-state index is 0.261. The van der Waals surface area contributed by atoms with Crippen molar-refractivity contribution in [3.63, 3.8) is 0 Å². The highest BCUT2D eigenvalue weighted by molar-refractivity contribution is 5.98. The van der Waals surface area contributed by atoms with Crippen LogP contribution in [0.5, 0.6) is 0 Å². The molecule has 0 bridgehead atoms. The fourth-order valence-corrected chi connectivity index (χ4v) is 1.92. The van der Waals surface area contributed by atoms with Crippen LogP contribution in [-0.4, -0.2) is 21.1 Å². The number of aromatic nitrogens is 2. The monoisotopic (exact) mass is 286 g/mol. The fraction of sp³-hybridized carbons (Fsp3) is 0.267. The first-order valence-corrected chi connectivity index (χ1v) is 6.62. The topological polar surface area (TPSA) is 87.1 Å². The molecule has 2 rings (SSSR count). The quantitative estimate of drug-likeness (QED) is 0.809. The van der Waals surface area contributed by atoms with E-state index in [1.807, 2.05) is 19.9 Å². The van der Waals surface area contributed by atoms with E-state index in [1.165, 1.54) is 0 Å². The number of aryl methyl sites for hydroxylation is 2. The Hall–Kier alpha value is -2.47. The van der Waals surface area contributed by atoms with Crippen LogP contribution in [0.2, 0.25) is 0 Å². The number of hydrogen-bond donors (Lipinski definition) is 3. The van der Waals surface area contributed by atoms with Crippen LogP contribution in [0, 0.1) is 13.8 Å². The molecule has 0 aliphatic heterocycles. The van der Waals surface area contributed by atoms with Crippen molar-refractivity contribution in [3.05, 3.63) is 47.3 Å². The van der Waals surface area contributed by atoms with Gasteiger partial charge in [-0.3, -0.25) is 5.32 Å². The van der Waals surface area contributed by atoms with Gasteiger partial charge < -0.3 is 10.4 Å². The van der Waals surface area contributed by atoms with Crippen LogP contribution in [0.4, 0.5) is 16.4 Å². The summed E-state index contributed by atoms with van der Waals surface area (Å²) in [5.41, 5.74) is 2.90. The number of benzene rings is 1. The SMILES string of the molecule is Cc1cc(C)nc(NC(=O)Nc2cccc(C(C)O)c2)n1. The number of aliphatic hydroxyl groups is 1. The van der Waals surface area contributed by atoms with Crippen molar-refractivity contribution in [1.29, 1.82) is 0 Å². The molecule has 0 aliphatic rings. The molecule has 21 heavy (non-hydrogen) atoms. The van der Waals surface area contributed by atoms with Crippen molar-refractivity contribution in [2.75, 3.05) is 10.6 Å². The lowest BCUT2D eigenvalue weighted by Gasteiger charge is -2.10. The number of rotatable bonds is 3. The maximum Gasteiger partial charge on any atom is 0.326 e. The van der Waals surface area contributed by atoms with Crippen LogP contribution in [0.3, 0.4) is 0 Å². The van der Waals surface area contributed by atoms with E-state index in [1.54, 1.807) is 31.2 Å². The number of aliphatic hydroxyl groups excluding tert-OH is 1. The average Bonchev–Trinajstić information content (AvgIpc) is 2.37. The Bertz CT molecular complexity index is 636.